The van der Waals surface area contributed by atoms with Gasteiger partial charge in [0.2, 0.25) is 0 Å². The molecule has 0 amide bonds. The molecule has 0 bridgehead atoms. The summed E-state index contributed by atoms with van der Waals surface area (Å²) in [5.41, 5.74) is -0.252. The number of carbonyl (C=O) groups is 1. The monoisotopic (exact) mass is 236 g/mol. The molecule has 0 saturated carbocycles. The predicted octanol–water partition coefficient (Wildman–Crippen LogP) is 2.13. The third kappa shape index (κ3) is 2.50. The Balaban J connectivity index is 3.25. The Labute approximate surface area is 102 Å². The molecule has 2 atom stereocenters. The van der Waals surface area contributed by atoms with E-state index in [9.17, 15) is 9.90 Å². The first-order valence-corrected chi connectivity index (χ1v) is 5.76. The molecule has 3 nitrogen and oxygen atoms in total. The third-order valence-electron chi connectivity index (χ3n) is 3.21. The van der Waals surface area contributed by atoms with Gasteiger partial charge in [0.05, 0.1) is 13.2 Å². The van der Waals surface area contributed by atoms with E-state index in [2.05, 4.69) is 0 Å². The zero-order chi connectivity index (χ0) is 13.1. The van der Waals surface area contributed by atoms with Gasteiger partial charge in [0.15, 0.2) is 0 Å². The Bertz CT molecular complexity index is 372. The van der Waals surface area contributed by atoms with Crippen LogP contribution in [0.25, 0.3) is 0 Å². The fraction of sp³-hybridized carbons (Fsp3) is 0.500. The Morgan fingerprint density at radius 2 is 1.82 bits per heavy atom. The molecule has 0 saturated heterocycles. The van der Waals surface area contributed by atoms with Crippen LogP contribution in [0.1, 0.15) is 26.3 Å². The van der Waals surface area contributed by atoms with Crippen molar-refractivity contribution in [3.63, 3.8) is 0 Å². The molecule has 0 fully saturated rings. The zero-order valence-corrected chi connectivity index (χ0v) is 10.8. The van der Waals surface area contributed by atoms with Gasteiger partial charge in [-0.1, -0.05) is 44.2 Å². The van der Waals surface area contributed by atoms with Gasteiger partial charge in [-0.15, -0.1) is 0 Å². The lowest BCUT2D eigenvalue weighted by Crippen LogP contribution is -2.47. The van der Waals surface area contributed by atoms with Gasteiger partial charge in [-0.3, -0.25) is 4.79 Å². The van der Waals surface area contributed by atoms with Gasteiger partial charge in [-0.25, -0.2) is 0 Å². The number of methoxy groups -OCH3 is 1. The Hall–Kier alpha value is -1.35. The maximum atomic E-state index is 12.0. The van der Waals surface area contributed by atoms with Crippen molar-refractivity contribution < 1.29 is 14.6 Å². The molecule has 1 N–H and O–H groups in total. The van der Waals surface area contributed by atoms with E-state index in [1.807, 2.05) is 44.2 Å². The number of rotatable bonds is 4. The summed E-state index contributed by atoms with van der Waals surface area (Å²) in [4.78, 5) is 12.0. The molecule has 0 aliphatic rings. The summed E-state index contributed by atoms with van der Waals surface area (Å²) in [6.45, 7) is 5.49. The van der Waals surface area contributed by atoms with Gasteiger partial charge in [0.1, 0.15) is 5.41 Å². The van der Waals surface area contributed by atoms with Crippen molar-refractivity contribution in [3.05, 3.63) is 35.9 Å². The first-order chi connectivity index (χ1) is 7.94. The van der Waals surface area contributed by atoms with E-state index in [1.54, 1.807) is 6.92 Å². The summed E-state index contributed by atoms with van der Waals surface area (Å²) in [7, 11) is 1.34. The molecule has 0 aliphatic carbocycles. The summed E-state index contributed by atoms with van der Waals surface area (Å²) in [6, 6.07) is 9.25. The molecule has 1 rings (SSSR count). The molecular weight excluding hydrogens is 216 g/mol. The van der Waals surface area contributed by atoms with Gasteiger partial charge in [0.25, 0.3) is 0 Å². The van der Waals surface area contributed by atoms with Crippen molar-refractivity contribution in [1.82, 2.24) is 0 Å². The van der Waals surface area contributed by atoms with Crippen LogP contribution in [0.2, 0.25) is 0 Å². The molecule has 0 unspecified atom stereocenters. The predicted molar refractivity (Wildman–Crippen MR) is 66.7 cm³/mol. The molecule has 1 aromatic rings. The Morgan fingerprint density at radius 1 is 1.29 bits per heavy atom. The molecule has 0 aliphatic heterocycles. The van der Waals surface area contributed by atoms with Crippen LogP contribution in [0.15, 0.2) is 30.3 Å². The first kappa shape index (κ1) is 13.7. The average molecular weight is 236 g/mol. The minimum absolute atomic E-state index is 0.0284. The summed E-state index contributed by atoms with van der Waals surface area (Å²) in [6.07, 6.45) is -0.780. The minimum atomic E-state index is -1.02. The molecule has 0 aromatic heterocycles. The lowest BCUT2D eigenvalue weighted by atomic mass is 9.73. The molecule has 1 aromatic carbocycles. The van der Waals surface area contributed by atoms with Crippen LogP contribution >= 0.6 is 0 Å². The van der Waals surface area contributed by atoms with Crippen LogP contribution in [0.4, 0.5) is 0 Å². The molecular formula is C14H20O3. The van der Waals surface area contributed by atoms with Gasteiger partial charge in [0, 0.05) is 0 Å². The third-order valence-corrected chi connectivity index (χ3v) is 3.21. The maximum Gasteiger partial charge on any atom is 0.318 e. The van der Waals surface area contributed by atoms with Crippen LogP contribution in [0.3, 0.4) is 0 Å². The minimum Gasteiger partial charge on any atom is -0.468 e. The molecule has 17 heavy (non-hydrogen) atoms. The van der Waals surface area contributed by atoms with Crippen LogP contribution in [-0.4, -0.2) is 24.3 Å². The molecule has 94 valence electrons. The van der Waals surface area contributed by atoms with Gasteiger partial charge in [-0.05, 0) is 18.4 Å². The average Bonchev–Trinajstić information content (AvgIpc) is 2.36. The largest absolute Gasteiger partial charge is 0.468 e. The number of hydrogen-bond donors (Lipinski definition) is 1. The Kier molecular flexibility index (Phi) is 4.29. The molecule has 0 spiro atoms. The number of aliphatic hydroxyl groups excluding tert-OH is 1. The highest BCUT2D eigenvalue weighted by Gasteiger charge is 2.44. The molecule has 3 heteroatoms. The highest BCUT2D eigenvalue weighted by Crippen LogP contribution is 2.32. The van der Waals surface area contributed by atoms with E-state index in [4.69, 9.17) is 4.74 Å². The molecule has 0 radical (unpaired) electrons. The van der Waals surface area contributed by atoms with Crippen molar-refractivity contribution in [2.24, 2.45) is 5.92 Å². The van der Waals surface area contributed by atoms with Crippen molar-refractivity contribution in [3.8, 4) is 0 Å². The normalized spacial score (nSPS) is 16.4. The topological polar surface area (TPSA) is 46.5 Å². The number of esters is 1. The SMILES string of the molecule is COC(=O)[C@](C)(c1ccccc1)[C@H](O)C(C)C. The van der Waals surface area contributed by atoms with E-state index in [-0.39, 0.29) is 5.92 Å². The van der Waals surface area contributed by atoms with E-state index in [0.29, 0.717) is 0 Å². The standard InChI is InChI=1S/C14H20O3/c1-10(2)12(15)14(3,13(16)17-4)11-8-6-5-7-9-11/h5-10,12,15H,1-4H3/t12-,14-/m1/s1. The van der Waals surface area contributed by atoms with E-state index < -0.39 is 17.5 Å². The zero-order valence-electron chi connectivity index (χ0n) is 10.8. The summed E-state index contributed by atoms with van der Waals surface area (Å²) < 4.78 is 4.84. The fourth-order valence-electron chi connectivity index (χ4n) is 2.07. The van der Waals surface area contributed by atoms with Crippen molar-refractivity contribution in [2.75, 3.05) is 7.11 Å². The number of benzene rings is 1. The van der Waals surface area contributed by atoms with Gasteiger partial charge in [-0.2, -0.15) is 0 Å². The summed E-state index contributed by atoms with van der Waals surface area (Å²) in [5.74, 6) is -0.441. The second kappa shape index (κ2) is 5.32. The number of aliphatic hydroxyl groups is 1. The lowest BCUT2D eigenvalue weighted by molar-refractivity contribution is -0.153. The second-order valence-corrected chi connectivity index (χ2v) is 4.75. The molecule has 0 heterocycles. The van der Waals surface area contributed by atoms with Gasteiger partial charge >= 0.3 is 5.97 Å². The highest BCUT2D eigenvalue weighted by molar-refractivity contribution is 5.83. The van der Waals surface area contributed by atoms with Crippen LogP contribution in [0.5, 0.6) is 0 Å². The van der Waals surface area contributed by atoms with E-state index in [0.717, 1.165) is 5.56 Å². The van der Waals surface area contributed by atoms with Crippen molar-refractivity contribution >= 4 is 5.97 Å². The van der Waals surface area contributed by atoms with Crippen molar-refractivity contribution in [2.45, 2.75) is 32.3 Å². The number of ether oxygens (including phenoxy) is 1. The van der Waals surface area contributed by atoms with Gasteiger partial charge < -0.3 is 9.84 Å². The number of hydrogen-bond acceptors (Lipinski definition) is 3. The maximum absolute atomic E-state index is 12.0. The lowest BCUT2D eigenvalue weighted by Gasteiger charge is -2.34. The fourth-order valence-corrected chi connectivity index (χ4v) is 2.07. The number of carbonyl (C=O) groups excluding carboxylic acids is 1. The Morgan fingerprint density at radius 3 is 2.24 bits per heavy atom. The van der Waals surface area contributed by atoms with Crippen LogP contribution < -0.4 is 0 Å². The van der Waals surface area contributed by atoms with E-state index >= 15 is 0 Å². The highest BCUT2D eigenvalue weighted by atomic mass is 16.5. The summed E-state index contributed by atoms with van der Waals surface area (Å²) in [5, 5.41) is 10.3. The van der Waals surface area contributed by atoms with Crippen LogP contribution in [0, 0.1) is 5.92 Å². The smallest absolute Gasteiger partial charge is 0.318 e. The summed E-state index contributed by atoms with van der Waals surface area (Å²) >= 11 is 0. The van der Waals surface area contributed by atoms with Crippen LogP contribution in [-0.2, 0) is 14.9 Å². The second-order valence-electron chi connectivity index (χ2n) is 4.75. The first-order valence-electron chi connectivity index (χ1n) is 5.76. The van der Waals surface area contributed by atoms with E-state index in [1.165, 1.54) is 7.11 Å². The van der Waals surface area contributed by atoms with Crippen molar-refractivity contribution in [1.29, 1.82) is 0 Å². The quantitative estimate of drug-likeness (QED) is 0.815.